The molecule has 3 aromatic carbocycles. The van der Waals surface area contributed by atoms with Gasteiger partial charge < -0.3 is 20.1 Å². The molecule has 0 aliphatic rings. The third-order valence-corrected chi connectivity index (χ3v) is 5.87. The van der Waals surface area contributed by atoms with E-state index in [0.29, 0.717) is 33.5 Å². The zero-order valence-corrected chi connectivity index (χ0v) is 21.5. The van der Waals surface area contributed by atoms with Crippen molar-refractivity contribution >= 4 is 72.7 Å². The lowest BCUT2D eigenvalue weighted by atomic mass is 10.2. The quantitative estimate of drug-likeness (QED) is 0.296. The summed E-state index contributed by atoms with van der Waals surface area (Å²) in [5, 5.41) is 5.89. The lowest BCUT2D eigenvalue weighted by Gasteiger charge is -2.13. The molecule has 3 aromatic rings. The Hall–Kier alpha value is -2.81. The van der Waals surface area contributed by atoms with Gasteiger partial charge in [-0.05, 0) is 58.4 Å². The second-order valence-corrected chi connectivity index (χ2v) is 8.86. The molecular formula is C24H19Br2ClN2O4. The van der Waals surface area contributed by atoms with Crippen molar-refractivity contribution in [3.63, 3.8) is 0 Å². The lowest BCUT2D eigenvalue weighted by Crippen LogP contribution is -2.13. The maximum absolute atomic E-state index is 12.5. The van der Waals surface area contributed by atoms with E-state index in [1.165, 1.54) is 13.2 Å². The molecule has 2 amide bonds. The molecule has 2 N–H and O–H groups in total. The molecule has 0 heterocycles. The Morgan fingerprint density at radius 3 is 2.42 bits per heavy atom. The number of carbonyl (C=O) groups is 2. The number of nitrogens with one attached hydrogen (secondary N) is 2. The van der Waals surface area contributed by atoms with Crippen LogP contribution in [-0.2, 0) is 4.79 Å². The first-order valence-electron chi connectivity index (χ1n) is 9.58. The number of methoxy groups -OCH3 is 2. The fraction of sp³-hybridized carbons (Fsp3) is 0.0833. The topological polar surface area (TPSA) is 76.7 Å². The van der Waals surface area contributed by atoms with Gasteiger partial charge in [0, 0.05) is 27.9 Å². The smallest absolute Gasteiger partial charge is 0.257 e. The van der Waals surface area contributed by atoms with Gasteiger partial charge in [-0.15, -0.1) is 0 Å². The van der Waals surface area contributed by atoms with Crippen molar-refractivity contribution in [3.8, 4) is 11.5 Å². The number of amides is 2. The van der Waals surface area contributed by atoms with Crippen LogP contribution < -0.4 is 20.1 Å². The first-order valence-corrected chi connectivity index (χ1v) is 11.5. The molecule has 0 fully saturated rings. The second kappa shape index (κ2) is 11.4. The van der Waals surface area contributed by atoms with Crippen LogP contribution in [0.1, 0.15) is 15.9 Å². The van der Waals surface area contributed by atoms with Crippen molar-refractivity contribution in [1.29, 1.82) is 0 Å². The van der Waals surface area contributed by atoms with Gasteiger partial charge in [0.05, 0.1) is 35.0 Å². The van der Waals surface area contributed by atoms with Crippen molar-refractivity contribution < 1.29 is 19.1 Å². The van der Waals surface area contributed by atoms with Crippen LogP contribution in [0.3, 0.4) is 0 Å². The van der Waals surface area contributed by atoms with Gasteiger partial charge in [-0.25, -0.2) is 0 Å². The summed E-state index contributed by atoms with van der Waals surface area (Å²) in [5.41, 5.74) is 2.02. The minimum atomic E-state index is -0.368. The van der Waals surface area contributed by atoms with Gasteiger partial charge >= 0.3 is 0 Å². The van der Waals surface area contributed by atoms with Gasteiger partial charge in [0.15, 0.2) is 0 Å². The predicted octanol–water partition coefficient (Wildman–Crippen LogP) is 6.79. The molecule has 0 aromatic heterocycles. The molecule has 0 spiro atoms. The van der Waals surface area contributed by atoms with Crippen molar-refractivity contribution in [2.45, 2.75) is 0 Å². The largest absolute Gasteiger partial charge is 0.495 e. The average molecular weight is 595 g/mol. The number of halogens is 3. The first kappa shape index (κ1) is 24.8. The first-order chi connectivity index (χ1) is 15.8. The van der Waals surface area contributed by atoms with Crippen molar-refractivity contribution in [2.24, 2.45) is 0 Å². The minimum absolute atomic E-state index is 0.344. The van der Waals surface area contributed by atoms with Crippen LogP contribution in [0.2, 0.25) is 5.02 Å². The Bertz CT molecular complexity index is 1230. The number of hydrogen-bond donors (Lipinski definition) is 2. The number of benzene rings is 3. The van der Waals surface area contributed by atoms with E-state index in [-0.39, 0.29) is 11.8 Å². The summed E-state index contributed by atoms with van der Waals surface area (Å²) in [5.74, 6) is 0.285. The highest BCUT2D eigenvalue weighted by Crippen LogP contribution is 2.33. The summed E-state index contributed by atoms with van der Waals surface area (Å²) in [4.78, 5) is 25.0. The molecule has 0 aliphatic heterocycles. The summed E-state index contributed by atoms with van der Waals surface area (Å²) in [6.07, 6.45) is 3.05. The SMILES string of the molecule is COc1cc(NC(=O)/C=C/c2cc(Br)cc(Br)c2OC)ccc1NC(=O)c1ccccc1Cl. The van der Waals surface area contributed by atoms with E-state index in [1.54, 1.807) is 55.7 Å². The zero-order valence-electron chi connectivity index (χ0n) is 17.6. The second-order valence-electron chi connectivity index (χ2n) is 6.68. The van der Waals surface area contributed by atoms with Gasteiger partial charge in [-0.3, -0.25) is 9.59 Å². The van der Waals surface area contributed by atoms with Crippen LogP contribution in [0.5, 0.6) is 11.5 Å². The molecule has 0 saturated carbocycles. The van der Waals surface area contributed by atoms with Crippen LogP contribution in [0, 0.1) is 0 Å². The highest BCUT2D eigenvalue weighted by molar-refractivity contribution is 9.11. The minimum Gasteiger partial charge on any atom is -0.495 e. The molecule has 6 nitrogen and oxygen atoms in total. The molecule has 0 unspecified atom stereocenters. The summed E-state index contributed by atoms with van der Waals surface area (Å²) in [6, 6.07) is 15.4. The van der Waals surface area contributed by atoms with Gasteiger partial charge in [-0.1, -0.05) is 39.7 Å². The van der Waals surface area contributed by atoms with Crippen molar-refractivity contribution in [1.82, 2.24) is 0 Å². The van der Waals surface area contributed by atoms with E-state index in [9.17, 15) is 9.59 Å². The van der Waals surface area contributed by atoms with Crippen molar-refractivity contribution in [3.05, 3.63) is 85.8 Å². The fourth-order valence-corrected chi connectivity index (χ4v) is 4.62. The summed E-state index contributed by atoms with van der Waals surface area (Å²) >= 11 is 13.0. The molecule has 0 saturated heterocycles. The van der Waals surface area contributed by atoms with Crippen LogP contribution in [0.15, 0.2) is 69.6 Å². The van der Waals surface area contributed by atoms with E-state index in [0.717, 1.165) is 14.5 Å². The fourth-order valence-electron chi connectivity index (χ4n) is 2.98. The number of carbonyl (C=O) groups excluding carboxylic acids is 2. The van der Waals surface area contributed by atoms with E-state index in [2.05, 4.69) is 42.5 Å². The highest BCUT2D eigenvalue weighted by Gasteiger charge is 2.13. The highest BCUT2D eigenvalue weighted by atomic mass is 79.9. The monoisotopic (exact) mass is 592 g/mol. The molecule has 9 heteroatoms. The third kappa shape index (κ3) is 6.37. The normalized spacial score (nSPS) is 10.7. The molecule has 0 bridgehead atoms. The van der Waals surface area contributed by atoms with E-state index < -0.39 is 0 Å². The van der Waals surface area contributed by atoms with Crippen LogP contribution in [0.25, 0.3) is 6.08 Å². The Kier molecular flexibility index (Phi) is 8.55. The molecule has 3 rings (SSSR count). The van der Waals surface area contributed by atoms with Crippen LogP contribution in [-0.4, -0.2) is 26.0 Å². The maximum atomic E-state index is 12.5. The zero-order chi connectivity index (χ0) is 24.0. The number of hydrogen-bond acceptors (Lipinski definition) is 4. The Labute approximate surface area is 213 Å². The number of rotatable bonds is 7. The summed E-state index contributed by atoms with van der Waals surface area (Å²) in [7, 11) is 3.03. The van der Waals surface area contributed by atoms with Crippen molar-refractivity contribution in [2.75, 3.05) is 24.9 Å². The molecule has 0 radical (unpaired) electrons. The maximum Gasteiger partial charge on any atom is 0.257 e. The van der Waals surface area contributed by atoms with Crippen LogP contribution >= 0.6 is 43.5 Å². The molecule has 0 aliphatic carbocycles. The Morgan fingerprint density at radius 1 is 0.970 bits per heavy atom. The van der Waals surface area contributed by atoms with Gasteiger partial charge in [0.2, 0.25) is 5.91 Å². The van der Waals surface area contributed by atoms with Crippen LogP contribution in [0.4, 0.5) is 11.4 Å². The van der Waals surface area contributed by atoms with E-state index in [4.69, 9.17) is 21.1 Å². The molecule has 0 atom stereocenters. The summed E-state index contributed by atoms with van der Waals surface area (Å²) < 4.78 is 12.4. The Balaban J connectivity index is 1.73. The molecule has 33 heavy (non-hydrogen) atoms. The third-order valence-electron chi connectivity index (χ3n) is 4.49. The Morgan fingerprint density at radius 2 is 1.73 bits per heavy atom. The number of ether oxygens (including phenoxy) is 2. The van der Waals surface area contributed by atoms with Gasteiger partial charge in [0.25, 0.3) is 5.91 Å². The van der Waals surface area contributed by atoms with Gasteiger partial charge in [-0.2, -0.15) is 0 Å². The lowest BCUT2D eigenvalue weighted by molar-refractivity contribution is -0.111. The summed E-state index contributed by atoms with van der Waals surface area (Å²) in [6.45, 7) is 0. The predicted molar refractivity (Wildman–Crippen MR) is 138 cm³/mol. The number of anilines is 2. The van der Waals surface area contributed by atoms with E-state index >= 15 is 0 Å². The average Bonchev–Trinajstić information content (AvgIpc) is 2.78. The molecular weight excluding hydrogens is 576 g/mol. The van der Waals surface area contributed by atoms with Gasteiger partial charge in [0.1, 0.15) is 11.5 Å². The van der Waals surface area contributed by atoms with E-state index in [1.807, 2.05) is 12.1 Å². The standard InChI is InChI=1S/C24H19Br2ClN2O4/c1-32-21-13-16(8-9-20(21)29-24(31)17-5-3-4-6-19(17)27)28-22(30)10-7-14-11-15(25)12-18(26)23(14)33-2/h3-13H,1-2H3,(H,28,30)(H,29,31)/b10-7+. The molecule has 170 valence electrons.